The van der Waals surface area contributed by atoms with Crippen LogP contribution in [0.4, 0.5) is 8.78 Å². The predicted molar refractivity (Wildman–Crippen MR) is 46.1 cm³/mol. The highest BCUT2D eigenvalue weighted by atomic mass is 19.3. The average Bonchev–Trinajstić information content (AvgIpc) is 2.31. The number of fused-ring (bicyclic) bond motifs is 2. The van der Waals surface area contributed by atoms with Crippen molar-refractivity contribution in [3.8, 4) is 0 Å². The molecule has 2 fully saturated rings. The summed E-state index contributed by atoms with van der Waals surface area (Å²) in [6.07, 6.45) is 0.480. The SMILES string of the molecule is CC1(C)C2CCC1(C(=O)O)C(F)(F)C2. The molecule has 2 atom stereocenters. The van der Waals surface area contributed by atoms with E-state index in [9.17, 15) is 13.6 Å². The van der Waals surface area contributed by atoms with Crippen LogP contribution in [0.5, 0.6) is 0 Å². The second-order valence-electron chi connectivity index (χ2n) is 5.08. The molecular formula is C10H14F2O2. The Kier molecular flexibility index (Phi) is 1.61. The Bertz CT molecular complexity index is 298. The van der Waals surface area contributed by atoms with Crippen LogP contribution < -0.4 is 0 Å². The number of alkyl halides is 2. The van der Waals surface area contributed by atoms with Gasteiger partial charge in [-0.25, -0.2) is 8.78 Å². The van der Waals surface area contributed by atoms with E-state index in [1.54, 1.807) is 13.8 Å². The van der Waals surface area contributed by atoms with E-state index in [1.165, 1.54) is 0 Å². The summed E-state index contributed by atoms with van der Waals surface area (Å²) in [6, 6.07) is 0. The van der Waals surface area contributed by atoms with Gasteiger partial charge in [0.1, 0.15) is 5.41 Å². The van der Waals surface area contributed by atoms with Gasteiger partial charge in [0.25, 0.3) is 5.92 Å². The topological polar surface area (TPSA) is 37.3 Å². The van der Waals surface area contributed by atoms with Crippen molar-refractivity contribution in [1.29, 1.82) is 0 Å². The minimum atomic E-state index is -3.04. The molecule has 0 aromatic heterocycles. The Morgan fingerprint density at radius 3 is 2.21 bits per heavy atom. The van der Waals surface area contributed by atoms with Crippen LogP contribution in [0.2, 0.25) is 0 Å². The molecule has 80 valence electrons. The smallest absolute Gasteiger partial charge is 0.316 e. The molecule has 2 nitrogen and oxygen atoms in total. The van der Waals surface area contributed by atoms with E-state index in [0.29, 0.717) is 6.42 Å². The molecule has 0 amide bonds. The summed E-state index contributed by atoms with van der Waals surface area (Å²) in [4.78, 5) is 11.1. The molecule has 0 spiro atoms. The van der Waals surface area contributed by atoms with Crippen LogP contribution in [0.3, 0.4) is 0 Å². The number of rotatable bonds is 1. The van der Waals surface area contributed by atoms with Crippen molar-refractivity contribution >= 4 is 5.97 Å². The van der Waals surface area contributed by atoms with Crippen LogP contribution in [0, 0.1) is 16.7 Å². The Morgan fingerprint density at radius 1 is 1.43 bits per heavy atom. The summed E-state index contributed by atoms with van der Waals surface area (Å²) in [5.41, 5.74) is -2.59. The molecule has 0 heterocycles. The van der Waals surface area contributed by atoms with Gasteiger partial charge in [0.15, 0.2) is 0 Å². The lowest BCUT2D eigenvalue weighted by Gasteiger charge is -2.37. The fourth-order valence-corrected chi connectivity index (χ4v) is 3.46. The van der Waals surface area contributed by atoms with Crippen LogP contribution in [0.15, 0.2) is 0 Å². The Hall–Kier alpha value is -0.670. The van der Waals surface area contributed by atoms with Crippen molar-refractivity contribution in [2.24, 2.45) is 16.7 Å². The van der Waals surface area contributed by atoms with E-state index in [-0.39, 0.29) is 18.8 Å². The quantitative estimate of drug-likeness (QED) is 0.712. The molecule has 2 aliphatic carbocycles. The number of carboxylic acids is 1. The maximum Gasteiger partial charge on any atom is 0.316 e. The van der Waals surface area contributed by atoms with Crippen molar-refractivity contribution < 1.29 is 18.7 Å². The first-order chi connectivity index (χ1) is 6.26. The van der Waals surface area contributed by atoms with Gasteiger partial charge < -0.3 is 5.11 Å². The Balaban J connectivity index is 2.58. The first-order valence-corrected chi connectivity index (χ1v) is 4.87. The van der Waals surface area contributed by atoms with E-state index in [0.717, 1.165) is 0 Å². The number of halogens is 2. The van der Waals surface area contributed by atoms with Crippen LogP contribution in [-0.2, 0) is 4.79 Å². The van der Waals surface area contributed by atoms with Gasteiger partial charge in [0.2, 0.25) is 0 Å². The average molecular weight is 204 g/mol. The van der Waals surface area contributed by atoms with E-state index in [1.807, 2.05) is 0 Å². The van der Waals surface area contributed by atoms with E-state index >= 15 is 0 Å². The van der Waals surface area contributed by atoms with Crippen molar-refractivity contribution in [2.45, 2.75) is 39.0 Å². The molecule has 4 heteroatoms. The van der Waals surface area contributed by atoms with Crippen molar-refractivity contribution in [2.75, 3.05) is 0 Å². The fourth-order valence-electron chi connectivity index (χ4n) is 3.46. The zero-order chi connectivity index (χ0) is 10.8. The highest BCUT2D eigenvalue weighted by Gasteiger charge is 2.77. The van der Waals surface area contributed by atoms with Gasteiger partial charge in [-0.1, -0.05) is 13.8 Å². The summed E-state index contributed by atoms with van der Waals surface area (Å²) in [7, 11) is 0. The molecule has 2 saturated carbocycles. The first kappa shape index (κ1) is 9.87. The second-order valence-corrected chi connectivity index (χ2v) is 5.08. The molecule has 2 aliphatic rings. The lowest BCUT2D eigenvalue weighted by atomic mass is 9.68. The van der Waals surface area contributed by atoms with Crippen molar-refractivity contribution in [3.63, 3.8) is 0 Å². The van der Waals surface area contributed by atoms with E-state index in [2.05, 4.69) is 0 Å². The molecule has 0 aromatic carbocycles. The molecular weight excluding hydrogens is 190 g/mol. The molecule has 1 N–H and O–H groups in total. The number of hydrogen-bond donors (Lipinski definition) is 1. The lowest BCUT2D eigenvalue weighted by molar-refractivity contribution is -0.185. The van der Waals surface area contributed by atoms with Crippen LogP contribution in [-0.4, -0.2) is 17.0 Å². The van der Waals surface area contributed by atoms with Gasteiger partial charge in [-0.2, -0.15) is 0 Å². The largest absolute Gasteiger partial charge is 0.481 e. The van der Waals surface area contributed by atoms with Gasteiger partial charge in [-0.3, -0.25) is 4.79 Å². The normalized spacial score (nSPS) is 42.7. The summed E-state index contributed by atoms with van der Waals surface area (Å²) in [5.74, 6) is -4.51. The van der Waals surface area contributed by atoms with Crippen LogP contribution >= 0.6 is 0 Å². The van der Waals surface area contributed by atoms with Gasteiger partial charge in [0, 0.05) is 6.42 Å². The number of hydrogen-bond acceptors (Lipinski definition) is 1. The fraction of sp³-hybridized carbons (Fsp3) is 0.900. The summed E-state index contributed by atoms with van der Waals surface area (Å²) in [6.45, 7) is 3.33. The Labute approximate surface area is 81.3 Å². The molecule has 0 radical (unpaired) electrons. The summed E-state index contributed by atoms with van der Waals surface area (Å²) in [5, 5.41) is 9.08. The van der Waals surface area contributed by atoms with Crippen molar-refractivity contribution in [1.82, 2.24) is 0 Å². The maximum absolute atomic E-state index is 13.7. The molecule has 2 rings (SSSR count). The first-order valence-electron chi connectivity index (χ1n) is 4.87. The Morgan fingerprint density at radius 2 is 2.00 bits per heavy atom. The van der Waals surface area contributed by atoms with Crippen molar-refractivity contribution in [3.05, 3.63) is 0 Å². The van der Waals surface area contributed by atoms with Crippen LogP contribution in [0.1, 0.15) is 33.1 Å². The maximum atomic E-state index is 13.7. The van der Waals surface area contributed by atoms with E-state index < -0.39 is 22.7 Å². The second kappa shape index (κ2) is 2.28. The number of carbonyl (C=O) groups is 1. The summed E-state index contributed by atoms with van der Waals surface area (Å²) < 4.78 is 27.3. The third-order valence-corrected chi connectivity index (χ3v) is 4.48. The lowest BCUT2D eigenvalue weighted by Crippen LogP contribution is -2.49. The third-order valence-electron chi connectivity index (χ3n) is 4.48. The number of carboxylic acid groups (broad SMARTS) is 1. The molecule has 0 saturated heterocycles. The van der Waals surface area contributed by atoms with E-state index in [4.69, 9.17) is 5.11 Å². The summed E-state index contributed by atoms with van der Waals surface area (Å²) >= 11 is 0. The molecule has 2 bridgehead atoms. The zero-order valence-electron chi connectivity index (χ0n) is 8.31. The highest BCUT2D eigenvalue weighted by Crippen LogP contribution is 2.71. The molecule has 0 aromatic rings. The predicted octanol–water partition coefficient (Wildman–Crippen LogP) is 2.53. The third kappa shape index (κ3) is 0.743. The van der Waals surface area contributed by atoms with Gasteiger partial charge in [-0.05, 0) is 24.2 Å². The monoisotopic (exact) mass is 204 g/mol. The zero-order valence-corrected chi connectivity index (χ0v) is 8.31. The molecule has 2 unspecified atom stereocenters. The van der Waals surface area contributed by atoms with Gasteiger partial charge in [0.05, 0.1) is 0 Å². The molecule has 14 heavy (non-hydrogen) atoms. The minimum Gasteiger partial charge on any atom is -0.481 e. The standard InChI is InChI=1S/C10H14F2O2/c1-8(2)6-3-4-9(8,7(13)14)10(11,12)5-6/h6H,3-5H2,1-2H3,(H,13,14). The van der Waals surface area contributed by atoms with Gasteiger partial charge in [-0.15, -0.1) is 0 Å². The number of aliphatic carboxylic acids is 1. The van der Waals surface area contributed by atoms with Crippen LogP contribution in [0.25, 0.3) is 0 Å². The molecule has 0 aliphatic heterocycles. The minimum absolute atomic E-state index is 0.118. The highest BCUT2D eigenvalue weighted by molar-refractivity contribution is 5.78. The van der Waals surface area contributed by atoms with Gasteiger partial charge >= 0.3 is 5.97 Å².